The molecule has 1 unspecified atom stereocenters. The molecule has 1 atom stereocenters. The molecule has 2 aromatic rings. The molecular weight excluding hydrogens is 258 g/mol. The lowest BCUT2D eigenvalue weighted by Crippen LogP contribution is -2.34. The second-order valence-corrected chi connectivity index (χ2v) is 5.56. The van der Waals surface area contributed by atoms with Gasteiger partial charge in [-0.15, -0.1) is 11.3 Å². The molecule has 0 aliphatic carbocycles. The zero-order chi connectivity index (χ0) is 13.7. The van der Waals surface area contributed by atoms with Gasteiger partial charge in [-0.05, 0) is 24.8 Å². The van der Waals surface area contributed by atoms with Crippen molar-refractivity contribution in [2.75, 3.05) is 0 Å². The van der Waals surface area contributed by atoms with Crippen LogP contribution in [-0.2, 0) is 11.3 Å². The molecule has 0 saturated heterocycles. The quantitative estimate of drug-likeness (QED) is 0.882. The van der Waals surface area contributed by atoms with Crippen LogP contribution in [0.1, 0.15) is 26.7 Å². The molecule has 1 N–H and O–H groups in total. The molecule has 1 amide bonds. The van der Waals surface area contributed by atoms with Gasteiger partial charge in [0, 0.05) is 18.4 Å². The average Bonchev–Trinajstić information content (AvgIpc) is 2.98. The number of imidazole rings is 1. The van der Waals surface area contributed by atoms with Gasteiger partial charge in [-0.2, -0.15) is 0 Å². The number of hydrogen-bond donors (Lipinski definition) is 1. The summed E-state index contributed by atoms with van der Waals surface area (Å²) >= 11 is 1.63. The molecule has 0 spiro atoms. The highest BCUT2D eigenvalue weighted by Gasteiger charge is 2.11. The van der Waals surface area contributed by atoms with Crippen LogP contribution in [0.25, 0.3) is 10.7 Å². The highest BCUT2D eigenvalue weighted by atomic mass is 32.1. The molecule has 0 aliphatic rings. The summed E-state index contributed by atoms with van der Waals surface area (Å²) in [6.45, 7) is 4.48. The monoisotopic (exact) mass is 277 g/mol. The van der Waals surface area contributed by atoms with E-state index in [2.05, 4.69) is 17.2 Å². The van der Waals surface area contributed by atoms with Gasteiger partial charge in [-0.25, -0.2) is 4.98 Å². The summed E-state index contributed by atoms with van der Waals surface area (Å²) in [5.74, 6) is 0.894. The molecule has 0 aliphatic heterocycles. The Morgan fingerprint density at radius 2 is 2.42 bits per heavy atom. The number of carbonyl (C=O) groups excluding carboxylic acids is 1. The van der Waals surface area contributed by atoms with Crippen molar-refractivity contribution in [3.05, 3.63) is 29.9 Å². The second kappa shape index (κ2) is 6.52. The van der Waals surface area contributed by atoms with Crippen LogP contribution in [-0.4, -0.2) is 21.5 Å². The van der Waals surface area contributed by atoms with Crippen molar-refractivity contribution < 1.29 is 4.79 Å². The lowest BCUT2D eigenvalue weighted by atomic mass is 10.2. The van der Waals surface area contributed by atoms with E-state index in [1.807, 2.05) is 35.2 Å². The first-order valence-corrected chi connectivity index (χ1v) is 7.43. The molecule has 102 valence electrons. The van der Waals surface area contributed by atoms with E-state index in [0.29, 0.717) is 6.54 Å². The van der Waals surface area contributed by atoms with Crippen molar-refractivity contribution in [3.63, 3.8) is 0 Å². The fraction of sp³-hybridized carbons (Fsp3) is 0.429. The zero-order valence-corrected chi connectivity index (χ0v) is 12.1. The summed E-state index contributed by atoms with van der Waals surface area (Å²) in [6, 6.07) is 4.23. The third kappa shape index (κ3) is 3.67. The van der Waals surface area contributed by atoms with Crippen LogP contribution in [0.15, 0.2) is 29.9 Å². The first-order valence-electron chi connectivity index (χ1n) is 6.55. The number of nitrogens with one attached hydrogen (secondary N) is 1. The van der Waals surface area contributed by atoms with Crippen LogP contribution in [0.2, 0.25) is 0 Å². The Bertz CT molecular complexity index is 519. The molecule has 2 rings (SSSR count). The average molecular weight is 277 g/mol. The van der Waals surface area contributed by atoms with Gasteiger partial charge >= 0.3 is 0 Å². The van der Waals surface area contributed by atoms with E-state index in [0.717, 1.165) is 23.5 Å². The summed E-state index contributed by atoms with van der Waals surface area (Å²) in [5.41, 5.74) is 0. The van der Waals surface area contributed by atoms with Gasteiger partial charge in [0.1, 0.15) is 12.4 Å². The van der Waals surface area contributed by atoms with E-state index in [1.165, 1.54) is 0 Å². The minimum absolute atomic E-state index is 0.0387. The third-order valence-corrected chi connectivity index (χ3v) is 3.77. The Morgan fingerprint density at radius 1 is 1.58 bits per heavy atom. The molecule has 0 saturated carbocycles. The van der Waals surface area contributed by atoms with Gasteiger partial charge in [0.2, 0.25) is 5.91 Å². The van der Waals surface area contributed by atoms with Crippen LogP contribution in [0, 0.1) is 0 Å². The maximum atomic E-state index is 12.0. The Kier molecular flexibility index (Phi) is 4.74. The topological polar surface area (TPSA) is 46.9 Å². The first-order chi connectivity index (χ1) is 9.20. The molecule has 5 heteroatoms. The largest absolute Gasteiger partial charge is 0.352 e. The second-order valence-electron chi connectivity index (χ2n) is 4.61. The molecule has 0 fully saturated rings. The van der Waals surface area contributed by atoms with Crippen LogP contribution >= 0.6 is 11.3 Å². The molecule has 0 bridgehead atoms. The summed E-state index contributed by atoms with van der Waals surface area (Å²) in [6.07, 6.45) is 5.66. The van der Waals surface area contributed by atoms with E-state index < -0.39 is 0 Å². The summed E-state index contributed by atoms with van der Waals surface area (Å²) in [7, 11) is 0. The lowest BCUT2D eigenvalue weighted by Gasteiger charge is -2.13. The Hall–Kier alpha value is -1.62. The Balaban J connectivity index is 2.00. The highest BCUT2D eigenvalue weighted by molar-refractivity contribution is 7.13. The van der Waals surface area contributed by atoms with E-state index in [4.69, 9.17) is 0 Å². The fourth-order valence-electron chi connectivity index (χ4n) is 2.05. The van der Waals surface area contributed by atoms with Crippen molar-refractivity contribution in [3.8, 4) is 10.7 Å². The molecule has 4 nitrogen and oxygen atoms in total. The van der Waals surface area contributed by atoms with Crippen molar-refractivity contribution in [2.24, 2.45) is 0 Å². The van der Waals surface area contributed by atoms with Gasteiger partial charge in [0.25, 0.3) is 0 Å². The van der Waals surface area contributed by atoms with Gasteiger partial charge in [0.15, 0.2) is 0 Å². The minimum atomic E-state index is 0.0387. The van der Waals surface area contributed by atoms with Gasteiger partial charge in [-0.3, -0.25) is 4.79 Å². The Labute approximate surface area is 117 Å². The maximum absolute atomic E-state index is 12.0. The predicted octanol–water partition coefficient (Wildman–Crippen LogP) is 2.92. The van der Waals surface area contributed by atoms with Crippen LogP contribution < -0.4 is 5.32 Å². The number of hydrogen-bond acceptors (Lipinski definition) is 3. The fourth-order valence-corrected chi connectivity index (χ4v) is 2.78. The number of rotatable bonds is 6. The molecule has 2 aromatic heterocycles. The lowest BCUT2D eigenvalue weighted by molar-refractivity contribution is -0.122. The molecule has 0 radical (unpaired) electrons. The van der Waals surface area contributed by atoms with Crippen LogP contribution in [0.3, 0.4) is 0 Å². The smallest absolute Gasteiger partial charge is 0.240 e. The number of carbonyl (C=O) groups is 1. The summed E-state index contributed by atoms with van der Waals surface area (Å²) in [4.78, 5) is 17.4. The van der Waals surface area contributed by atoms with E-state index in [1.54, 1.807) is 17.5 Å². The summed E-state index contributed by atoms with van der Waals surface area (Å²) < 4.78 is 1.89. The number of aromatic nitrogens is 2. The third-order valence-electron chi connectivity index (χ3n) is 2.90. The zero-order valence-electron chi connectivity index (χ0n) is 11.3. The van der Waals surface area contributed by atoms with Gasteiger partial charge in [0.05, 0.1) is 4.88 Å². The van der Waals surface area contributed by atoms with Crippen molar-refractivity contribution in [1.82, 2.24) is 14.9 Å². The maximum Gasteiger partial charge on any atom is 0.240 e. The molecule has 0 aromatic carbocycles. The van der Waals surface area contributed by atoms with E-state index >= 15 is 0 Å². The van der Waals surface area contributed by atoms with Crippen molar-refractivity contribution in [1.29, 1.82) is 0 Å². The SMILES string of the molecule is CCCC(C)NC(=O)Cn1ccnc1-c1cccs1. The van der Waals surface area contributed by atoms with Crippen LogP contribution in [0.5, 0.6) is 0 Å². The number of nitrogens with zero attached hydrogens (tertiary/aromatic N) is 2. The van der Waals surface area contributed by atoms with Gasteiger partial charge in [-0.1, -0.05) is 19.4 Å². The van der Waals surface area contributed by atoms with Crippen molar-refractivity contribution >= 4 is 17.2 Å². The standard InChI is InChI=1S/C14H19N3OS/c1-3-5-11(2)16-13(18)10-17-8-7-15-14(17)12-6-4-9-19-12/h4,6-9,11H,3,5,10H2,1-2H3,(H,16,18). The van der Waals surface area contributed by atoms with E-state index in [9.17, 15) is 4.79 Å². The van der Waals surface area contributed by atoms with Crippen molar-refractivity contribution in [2.45, 2.75) is 39.3 Å². The van der Waals surface area contributed by atoms with Gasteiger partial charge < -0.3 is 9.88 Å². The highest BCUT2D eigenvalue weighted by Crippen LogP contribution is 2.22. The molecule has 2 heterocycles. The Morgan fingerprint density at radius 3 is 3.11 bits per heavy atom. The van der Waals surface area contributed by atoms with Crippen LogP contribution in [0.4, 0.5) is 0 Å². The molecule has 19 heavy (non-hydrogen) atoms. The van der Waals surface area contributed by atoms with E-state index in [-0.39, 0.29) is 11.9 Å². The summed E-state index contributed by atoms with van der Waals surface area (Å²) in [5, 5.41) is 5.02. The predicted molar refractivity (Wildman–Crippen MR) is 78.1 cm³/mol. The molecular formula is C14H19N3OS. The number of amides is 1. The number of thiophene rings is 1. The normalized spacial score (nSPS) is 12.3. The minimum Gasteiger partial charge on any atom is -0.352 e. The first kappa shape index (κ1) is 13.8.